The van der Waals surface area contributed by atoms with Crippen molar-refractivity contribution in [3.63, 3.8) is 0 Å². The van der Waals surface area contributed by atoms with Gasteiger partial charge in [0.25, 0.3) is 0 Å². The van der Waals surface area contributed by atoms with Crippen LogP contribution in [0.25, 0.3) is 0 Å². The molecule has 114 valence electrons. The molecule has 3 rings (SSSR count). The fraction of sp³-hybridized carbons (Fsp3) is 1.00. The van der Waals surface area contributed by atoms with Crippen LogP contribution in [0.4, 0.5) is 0 Å². The first kappa shape index (κ1) is 14.8. The van der Waals surface area contributed by atoms with E-state index < -0.39 is 5.60 Å². The fourth-order valence-electron chi connectivity index (χ4n) is 4.07. The minimum Gasteiger partial charge on any atom is -0.403 e. The van der Waals surface area contributed by atoms with Crippen LogP contribution in [-0.4, -0.2) is 53.1 Å². The Labute approximate surface area is 123 Å². The third-order valence-electron chi connectivity index (χ3n) is 6.06. The molecule has 0 aromatic rings. The smallest absolute Gasteiger partial charge is 0.403 e. The van der Waals surface area contributed by atoms with E-state index >= 15 is 0 Å². The predicted octanol–water partition coefficient (Wildman–Crippen LogP) is 2.07. The molecule has 4 nitrogen and oxygen atoms in total. The molecule has 3 fully saturated rings. The van der Waals surface area contributed by atoms with E-state index in [-0.39, 0.29) is 18.3 Å². The van der Waals surface area contributed by atoms with Crippen molar-refractivity contribution < 1.29 is 14.4 Å². The molecule has 0 saturated carbocycles. The zero-order valence-corrected chi connectivity index (χ0v) is 13.5. The predicted molar refractivity (Wildman–Crippen MR) is 79.6 cm³/mol. The van der Waals surface area contributed by atoms with Crippen LogP contribution in [-0.2, 0) is 9.31 Å². The van der Waals surface area contributed by atoms with Crippen molar-refractivity contribution in [3.05, 3.63) is 0 Å². The van der Waals surface area contributed by atoms with Crippen LogP contribution in [0.5, 0.6) is 0 Å². The van der Waals surface area contributed by atoms with Crippen LogP contribution in [0.3, 0.4) is 0 Å². The highest BCUT2D eigenvalue weighted by atomic mass is 16.7. The first-order valence-corrected chi connectivity index (χ1v) is 7.92. The normalized spacial score (nSPS) is 43.2. The number of fused-ring (bicyclic) bond motifs is 2. The zero-order valence-electron chi connectivity index (χ0n) is 13.5. The molecule has 0 amide bonds. The Hall–Kier alpha value is -0.0951. The molecule has 3 aliphatic heterocycles. The quantitative estimate of drug-likeness (QED) is 0.787. The Bertz CT molecular complexity index is 369. The Morgan fingerprint density at radius 3 is 1.95 bits per heavy atom. The zero-order chi connectivity index (χ0) is 14.8. The summed E-state index contributed by atoms with van der Waals surface area (Å²) >= 11 is 0. The van der Waals surface area contributed by atoms with Gasteiger partial charge in [0.15, 0.2) is 0 Å². The van der Waals surface area contributed by atoms with Crippen molar-refractivity contribution in [2.45, 2.75) is 88.6 Å². The highest BCUT2D eigenvalue weighted by Crippen LogP contribution is 2.45. The largest absolute Gasteiger partial charge is 0.460 e. The molecular weight excluding hydrogens is 253 g/mol. The van der Waals surface area contributed by atoms with E-state index in [1.807, 2.05) is 0 Å². The highest BCUT2D eigenvalue weighted by Gasteiger charge is 2.55. The van der Waals surface area contributed by atoms with Gasteiger partial charge in [0.2, 0.25) is 0 Å². The maximum Gasteiger partial charge on any atom is 0.460 e. The molecule has 3 heterocycles. The van der Waals surface area contributed by atoms with Crippen molar-refractivity contribution >= 4 is 7.12 Å². The van der Waals surface area contributed by atoms with Gasteiger partial charge in [0.1, 0.15) is 0 Å². The summed E-state index contributed by atoms with van der Waals surface area (Å²) in [6, 6.07) is 1.06. The van der Waals surface area contributed by atoms with Crippen LogP contribution >= 0.6 is 0 Å². The number of aliphatic hydroxyl groups is 1. The second kappa shape index (κ2) is 4.45. The minimum atomic E-state index is -0.625. The third-order valence-corrected chi connectivity index (χ3v) is 6.06. The second-order valence-corrected chi connectivity index (χ2v) is 8.07. The van der Waals surface area contributed by atoms with Gasteiger partial charge in [-0.25, -0.2) is 0 Å². The molecule has 2 atom stereocenters. The van der Waals surface area contributed by atoms with Crippen molar-refractivity contribution in [1.29, 1.82) is 0 Å². The molecule has 2 unspecified atom stereocenters. The average molecular weight is 281 g/mol. The van der Waals surface area contributed by atoms with Crippen LogP contribution in [0.15, 0.2) is 0 Å². The van der Waals surface area contributed by atoms with Crippen LogP contribution in [0.1, 0.15) is 53.4 Å². The lowest BCUT2D eigenvalue weighted by molar-refractivity contribution is -0.0341. The summed E-state index contributed by atoms with van der Waals surface area (Å²) in [4.78, 5) is 2.44. The number of piperidine rings is 1. The molecule has 3 aliphatic rings. The summed E-state index contributed by atoms with van der Waals surface area (Å²) in [7, 11) is 1.91. The minimum absolute atomic E-state index is 0.284. The van der Waals surface area contributed by atoms with Gasteiger partial charge in [-0.1, -0.05) is 0 Å². The molecule has 20 heavy (non-hydrogen) atoms. The summed E-state index contributed by atoms with van der Waals surface area (Å²) in [6.07, 6.45) is 4.73. The van der Waals surface area contributed by atoms with Gasteiger partial charge in [-0.15, -0.1) is 0 Å². The van der Waals surface area contributed by atoms with Crippen LogP contribution < -0.4 is 0 Å². The molecule has 0 aromatic carbocycles. The van der Waals surface area contributed by atoms with Gasteiger partial charge in [-0.05, 0) is 60.4 Å². The molecule has 0 aromatic heterocycles. The van der Waals surface area contributed by atoms with Gasteiger partial charge in [-0.2, -0.15) is 0 Å². The van der Waals surface area contributed by atoms with E-state index in [2.05, 4.69) is 39.6 Å². The summed E-state index contributed by atoms with van der Waals surface area (Å²) in [5.74, 6) is 0. The van der Waals surface area contributed by atoms with E-state index in [1.54, 1.807) is 0 Å². The Kier molecular flexibility index (Phi) is 3.30. The average Bonchev–Trinajstić information content (AvgIpc) is 2.63. The SMILES string of the molecule is CN1C2CCC1CC(O)(CB1OC(C)(C)C(C)(C)O1)C2. The highest BCUT2D eigenvalue weighted by molar-refractivity contribution is 6.45. The van der Waals surface area contributed by atoms with Crippen molar-refractivity contribution in [3.8, 4) is 0 Å². The molecule has 0 aliphatic carbocycles. The van der Waals surface area contributed by atoms with Crippen molar-refractivity contribution in [2.24, 2.45) is 0 Å². The van der Waals surface area contributed by atoms with Gasteiger partial charge >= 0.3 is 7.12 Å². The van der Waals surface area contributed by atoms with E-state index in [9.17, 15) is 5.11 Å². The monoisotopic (exact) mass is 281 g/mol. The van der Waals surface area contributed by atoms with E-state index in [0.717, 1.165) is 12.8 Å². The maximum absolute atomic E-state index is 11.0. The Morgan fingerprint density at radius 1 is 1.05 bits per heavy atom. The first-order chi connectivity index (χ1) is 9.12. The van der Waals surface area contributed by atoms with Gasteiger partial charge < -0.3 is 19.3 Å². The molecule has 3 saturated heterocycles. The van der Waals surface area contributed by atoms with E-state index in [1.165, 1.54) is 12.8 Å². The lowest BCUT2D eigenvalue weighted by atomic mass is 9.69. The second-order valence-electron chi connectivity index (χ2n) is 8.07. The van der Waals surface area contributed by atoms with Gasteiger partial charge in [0, 0.05) is 18.4 Å². The van der Waals surface area contributed by atoms with Crippen LogP contribution in [0, 0.1) is 0 Å². The van der Waals surface area contributed by atoms with Gasteiger partial charge in [0.05, 0.1) is 16.8 Å². The molecular formula is C15H28BNO3. The lowest BCUT2D eigenvalue weighted by Gasteiger charge is -2.42. The number of hydrogen-bond acceptors (Lipinski definition) is 4. The molecule has 5 heteroatoms. The molecule has 1 N–H and O–H groups in total. The van der Waals surface area contributed by atoms with Crippen molar-refractivity contribution in [2.75, 3.05) is 7.05 Å². The number of nitrogens with zero attached hydrogens (tertiary/aromatic N) is 1. The lowest BCUT2D eigenvalue weighted by Crippen LogP contribution is -2.51. The molecule has 0 radical (unpaired) electrons. The first-order valence-electron chi connectivity index (χ1n) is 7.92. The third kappa shape index (κ3) is 2.33. The van der Waals surface area contributed by atoms with Crippen LogP contribution in [0.2, 0.25) is 6.32 Å². The van der Waals surface area contributed by atoms with Crippen molar-refractivity contribution in [1.82, 2.24) is 4.90 Å². The fourth-order valence-corrected chi connectivity index (χ4v) is 4.07. The summed E-state index contributed by atoms with van der Waals surface area (Å²) in [5.41, 5.74) is -1.24. The summed E-state index contributed by atoms with van der Waals surface area (Å²) in [5, 5.41) is 11.0. The molecule has 2 bridgehead atoms. The number of hydrogen-bond donors (Lipinski definition) is 1. The van der Waals surface area contributed by atoms with Gasteiger partial charge in [-0.3, -0.25) is 0 Å². The molecule has 0 spiro atoms. The number of rotatable bonds is 2. The van der Waals surface area contributed by atoms with E-state index in [4.69, 9.17) is 9.31 Å². The summed E-state index contributed by atoms with van der Waals surface area (Å²) < 4.78 is 12.1. The Balaban J connectivity index is 1.67. The Morgan fingerprint density at radius 2 is 1.50 bits per heavy atom. The standard InChI is InChI=1S/C15H28BNO3/c1-13(2)14(3,4)20-16(19-13)10-15(18)8-11-6-7-12(9-15)17(11)5/h11-12,18H,6-10H2,1-5H3. The maximum atomic E-state index is 11.0. The summed E-state index contributed by atoms with van der Waals surface area (Å²) in [6.45, 7) is 8.26. The van der Waals surface area contributed by atoms with E-state index in [0.29, 0.717) is 18.4 Å². The topological polar surface area (TPSA) is 41.9 Å².